The third-order valence-electron chi connectivity index (χ3n) is 19.2. The minimum absolute atomic E-state index is 0.173. The molecule has 5 aromatic carbocycles. The maximum Gasteiger partial charge on any atom is 0.136 e. The van der Waals surface area contributed by atoms with Crippen LogP contribution in [0.4, 0.5) is 0 Å². The lowest BCUT2D eigenvalue weighted by molar-refractivity contribution is 0.175. The van der Waals surface area contributed by atoms with Crippen LogP contribution in [0.5, 0.6) is 28.7 Å². The number of hydrogen-bond donors (Lipinski definition) is 2. The third-order valence-corrected chi connectivity index (χ3v) is 19.2. The molecule has 11 nitrogen and oxygen atoms in total. The summed E-state index contributed by atoms with van der Waals surface area (Å²) in [5, 5.41) is 0. The second-order valence-corrected chi connectivity index (χ2v) is 28.8. The van der Waals surface area contributed by atoms with Crippen LogP contribution in [0, 0.1) is 0 Å². The van der Waals surface area contributed by atoms with E-state index in [2.05, 4.69) is 266 Å². The van der Waals surface area contributed by atoms with Crippen molar-refractivity contribution in [3.8, 4) is 73.3 Å². The van der Waals surface area contributed by atoms with E-state index in [1.54, 1.807) is 0 Å². The number of rotatable bonds is 39. The van der Waals surface area contributed by atoms with E-state index in [0.29, 0.717) is 0 Å². The van der Waals surface area contributed by atoms with Gasteiger partial charge in [0, 0.05) is 75.1 Å². The second-order valence-electron chi connectivity index (χ2n) is 28.8. The number of benzene rings is 5. The van der Waals surface area contributed by atoms with Crippen molar-refractivity contribution in [2.75, 3.05) is 42.3 Å². The average Bonchev–Trinajstić information content (AvgIpc) is 1.60. The second kappa shape index (κ2) is 37.5. The summed E-state index contributed by atoms with van der Waals surface area (Å²) in [6.07, 6.45) is 33.5. The standard InChI is InChI=1S/C89H115N7O4/c1-13-19-22-25-31-70(28-16-4)97-73-42-34-64(35-43-73)85-77-50-52-79(90-77)86(65-36-44-74(45-37-65)98-71(29-17-5)32-26-23-20-14-2)81-54-56-83(92-81)88(67-40-48-76(49-41-67)100-89-68(61-95(9)10)58-63(60-94(7)8)59-69(89)62-96(11)12)84-57-55-82(93-84)87(80-53-51-78(85)91-80)66-38-46-75(47-39-66)99-72(30-18-6)33-27-24-21-15-3/h34-59,70-72,90,93H,13-33,60-62H2,1-12H3. The number of aromatic nitrogens is 4. The van der Waals surface area contributed by atoms with E-state index in [1.807, 2.05) is 0 Å². The zero-order chi connectivity index (χ0) is 70.3. The molecule has 0 saturated heterocycles. The first-order valence-corrected chi connectivity index (χ1v) is 38.1. The Morgan fingerprint density at radius 2 is 0.610 bits per heavy atom. The van der Waals surface area contributed by atoms with Crippen LogP contribution < -0.4 is 18.9 Å². The van der Waals surface area contributed by atoms with Crippen molar-refractivity contribution in [2.24, 2.45) is 0 Å². The van der Waals surface area contributed by atoms with Crippen LogP contribution in [-0.2, 0) is 19.6 Å². The molecule has 100 heavy (non-hydrogen) atoms. The summed E-state index contributed by atoms with van der Waals surface area (Å²) in [6, 6.07) is 48.2. The Morgan fingerprint density at radius 1 is 0.320 bits per heavy atom. The number of H-pyrrole nitrogens is 2. The van der Waals surface area contributed by atoms with Crippen LogP contribution in [0.2, 0.25) is 0 Å². The predicted octanol–water partition coefficient (Wildman–Crippen LogP) is 23.9. The topological polar surface area (TPSA) is 104 Å². The average molecular weight is 1350 g/mol. The van der Waals surface area contributed by atoms with Crippen molar-refractivity contribution >= 4 is 46.4 Å². The van der Waals surface area contributed by atoms with Gasteiger partial charge in [0.25, 0.3) is 0 Å². The van der Waals surface area contributed by atoms with Gasteiger partial charge in [0.1, 0.15) is 28.7 Å². The molecule has 2 aliphatic heterocycles. The minimum atomic E-state index is 0.173. The maximum atomic E-state index is 7.09. The van der Waals surface area contributed by atoms with Crippen LogP contribution in [-0.4, -0.2) is 95.2 Å². The Kier molecular flexibility index (Phi) is 27.9. The lowest BCUT2D eigenvalue weighted by Crippen LogP contribution is -2.17. The molecule has 3 atom stereocenters. The number of nitrogens with zero attached hydrogens (tertiary/aromatic N) is 5. The normalized spacial score (nSPS) is 13.0. The third kappa shape index (κ3) is 20.3. The first-order valence-electron chi connectivity index (χ1n) is 38.1. The molecule has 0 saturated carbocycles. The molecular weight excluding hydrogens is 1230 g/mol. The van der Waals surface area contributed by atoms with Crippen molar-refractivity contribution in [1.29, 1.82) is 0 Å². The fraction of sp³-hybridized carbons (Fsp3) is 0.438. The van der Waals surface area contributed by atoms with Gasteiger partial charge in [0.05, 0.1) is 41.1 Å². The largest absolute Gasteiger partial charge is 0.490 e. The molecule has 11 heteroatoms. The van der Waals surface area contributed by atoms with Crippen LogP contribution in [0.15, 0.2) is 133 Å². The summed E-state index contributed by atoms with van der Waals surface area (Å²) in [4.78, 5) is 26.1. The molecule has 0 radical (unpaired) electrons. The van der Waals surface area contributed by atoms with Crippen molar-refractivity contribution in [2.45, 2.75) is 214 Å². The van der Waals surface area contributed by atoms with E-state index in [9.17, 15) is 0 Å². The van der Waals surface area contributed by atoms with Crippen molar-refractivity contribution < 1.29 is 18.9 Å². The highest BCUT2D eigenvalue weighted by molar-refractivity contribution is 6.00. The molecule has 0 aliphatic carbocycles. The fourth-order valence-electron chi connectivity index (χ4n) is 14.4. The number of nitrogens with one attached hydrogen (secondary N) is 2. The predicted molar refractivity (Wildman–Crippen MR) is 424 cm³/mol. The van der Waals surface area contributed by atoms with Gasteiger partial charge in [-0.3, -0.25) is 0 Å². The van der Waals surface area contributed by atoms with Crippen molar-refractivity contribution in [1.82, 2.24) is 34.6 Å². The summed E-state index contributed by atoms with van der Waals surface area (Å²) in [7, 11) is 12.7. The molecule has 0 fully saturated rings. The van der Waals surface area contributed by atoms with E-state index in [-0.39, 0.29) is 18.3 Å². The Bertz CT molecular complexity index is 4010. The Morgan fingerprint density at radius 3 is 0.880 bits per heavy atom. The van der Waals surface area contributed by atoms with E-state index in [1.165, 1.54) is 82.6 Å². The van der Waals surface area contributed by atoms with Gasteiger partial charge < -0.3 is 43.6 Å². The number of hydrogen-bond acceptors (Lipinski definition) is 9. The lowest BCUT2D eigenvalue weighted by atomic mass is 10.0. The van der Waals surface area contributed by atoms with Crippen LogP contribution in [0.3, 0.4) is 0 Å². The Hall–Kier alpha value is -8.22. The SMILES string of the molecule is CCCCCCC(CCC)Oc1ccc(-c2c3nc(c(-c4ccc(OC(CCC)CCCCCC)cc4)c4ccc([nH]4)c(-c4ccc(OC(CCC)CCCCCC)cc4)c4nc(c(-c5ccc(Oc6c(CN(C)C)cc(CN(C)C)cc6CN(C)C)cc5)c5ccc2[nH]5)C=C4)C=C3)cc1. The van der Waals surface area contributed by atoms with Crippen LogP contribution >= 0.6 is 0 Å². The van der Waals surface area contributed by atoms with Crippen molar-refractivity contribution in [3.63, 3.8) is 0 Å². The molecule has 0 spiro atoms. The number of ether oxygens (including phenoxy) is 4. The van der Waals surface area contributed by atoms with Crippen LogP contribution in [0.1, 0.15) is 216 Å². The lowest BCUT2D eigenvalue weighted by Gasteiger charge is -2.22. The minimum Gasteiger partial charge on any atom is -0.490 e. The number of aromatic amines is 2. The number of unbranched alkanes of at least 4 members (excludes halogenated alkanes) is 9. The molecule has 2 N–H and O–H groups in total. The summed E-state index contributed by atoms with van der Waals surface area (Å²) in [5.74, 6) is 4.32. The first kappa shape index (κ1) is 74.5. The highest BCUT2D eigenvalue weighted by atomic mass is 16.5. The van der Waals surface area contributed by atoms with E-state index >= 15 is 0 Å². The van der Waals surface area contributed by atoms with Crippen LogP contribution in [0.25, 0.3) is 90.9 Å². The zero-order valence-corrected chi connectivity index (χ0v) is 62.6. The summed E-state index contributed by atoms with van der Waals surface area (Å²) in [5.41, 5.74) is 18.7. The van der Waals surface area contributed by atoms with Gasteiger partial charge in [-0.2, -0.15) is 0 Å². The van der Waals surface area contributed by atoms with Gasteiger partial charge >= 0.3 is 0 Å². The molecule has 530 valence electrons. The summed E-state index contributed by atoms with van der Waals surface area (Å²) >= 11 is 0. The quantitative estimate of drug-likeness (QED) is 0.0365. The molecule has 3 unspecified atom stereocenters. The Labute approximate surface area is 599 Å². The molecule has 10 rings (SSSR count). The molecular formula is C89H115N7O4. The van der Waals surface area contributed by atoms with Gasteiger partial charge in [0.15, 0.2) is 0 Å². The first-order chi connectivity index (χ1) is 48.7. The Balaban J connectivity index is 1.17. The van der Waals surface area contributed by atoms with Gasteiger partial charge in [-0.15, -0.1) is 0 Å². The molecule has 8 bridgehead atoms. The van der Waals surface area contributed by atoms with Crippen molar-refractivity contribution in [3.05, 3.63) is 173 Å². The highest BCUT2D eigenvalue weighted by Crippen LogP contribution is 2.42. The molecule has 0 amide bonds. The molecule has 2 aliphatic rings. The van der Waals surface area contributed by atoms with Gasteiger partial charge in [-0.05, 0) is 237 Å². The summed E-state index contributed by atoms with van der Waals surface area (Å²) in [6.45, 7) is 15.9. The zero-order valence-electron chi connectivity index (χ0n) is 62.6. The highest BCUT2D eigenvalue weighted by Gasteiger charge is 2.23. The summed E-state index contributed by atoms with van der Waals surface area (Å²) < 4.78 is 27.5. The van der Waals surface area contributed by atoms with E-state index < -0.39 is 0 Å². The fourth-order valence-corrected chi connectivity index (χ4v) is 14.4. The monoisotopic (exact) mass is 1350 g/mol. The van der Waals surface area contributed by atoms with E-state index in [0.717, 1.165) is 207 Å². The van der Waals surface area contributed by atoms with Gasteiger partial charge in [-0.25, -0.2) is 9.97 Å². The smallest absolute Gasteiger partial charge is 0.136 e. The molecule has 3 aromatic heterocycles. The van der Waals surface area contributed by atoms with Gasteiger partial charge in [-0.1, -0.05) is 167 Å². The molecule has 5 heterocycles. The van der Waals surface area contributed by atoms with E-state index in [4.69, 9.17) is 28.9 Å². The maximum absolute atomic E-state index is 7.09. The molecule has 8 aromatic rings. The van der Waals surface area contributed by atoms with Gasteiger partial charge in [0.2, 0.25) is 0 Å². The number of fused-ring (bicyclic) bond motifs is 8.